The molecule has 1 aromatic rings. The molecule has 0 unspecified atom stereocenters. The molecule has 1 saturated carbocycles. The SMILES string of the molecule is O=C(N[C@H]1CCCC[C@@H](O)[C@H]2O[C@H]21)OCc1ccccc1. The van der Waals surface area contributed by atoms with E-state index < -0.39 is 12.2 Å². The van der Waals surface area contributed by atoms with Crippen molar-refractivity contribution in [3.63, 3.8) is 0 Å². The van der Waals surface area contributed by atoms with Gasteiger partial charge in [-0.1, -0.05) is 43.2 Å². The summed E-state index contributed by atoms with van der Waals surface area (Å²) in [7, 11) is 0. The zero-order valence-electron chi connectivity index (χ0n) is 11.9. The number of epoxide rings is 1. The molecule has 1 aromatic carbocycles. The monoisotopic (exact) mass is 291 g/mol. The van der Waals surface area contributed by atoms with Gasteiger partial charge in [0.05, 0.1) is 12.1 Å². The molecule has 5 heteroatoms. The van der Waals surface area contributed by atoms with Crippen LogP contribution >= 0.6 is 0 Å². The molecule has 2 fully saturated rings. The van der Waals surface area contributed by atoms with Crippen LogP contribution in [0.1, 0.15) is 31.2 Å². The minimum Gasteiger partial charge on any atom is -0.445 e. The smallest absolute Gasteiger partial charge is 0.407 e. The van der Waals surface area contributed by atoms with Gasteiger partial charge >= 0.3 is 6.09 Å². The highest BCUT2D eigenvalue weighted by Crippen LogP contribution is 2.34. The number of ether oxygens (including phenoxy) is 2. The number of aliphatic hydroxyl groups excluding tert-OH is 1. The van der Waals surface area contributed by atoms with Crippen LogP contribution in [0.4, 0.5) is 4.79 Å². The van der Waals surface area contributed by atoms with Gasteiger partial charge in [0.15, 0.2) is 0 Å². The van der Waals surface area contributed by atoms with Crippen molar-refractivity contribution in [2.75, 3.05) is 0 Å². The maximum atomic E-state index is 11.9. The van der Waals surface area contributed by atoms with Crippen LogP contribution in [0.3, 0.4) is 0 Å². The first-order valence-corrected chi connectivity index (χ1v) is 7.55. The van der Waals surface area contributed by atoms with E-state index in [0.717, 1.165) is 31.2 Å². The molecule has 4 atom stereocenters. The maximum Gasteiger partial charge on any atom is 0.407 e. The number of alkyl carbamates (subject to hydrolysis) is 1. The molecule has 5 nitrogen and oxygen atoms in total. The second-order valence-electron chi connectivity index (χ2n) is 5.73. The Morgan fingerprint density at radius 2 is 2.00 bits per heavy atom. The minimum atomic E-state index is -0.423. The summed E-state index contributed by atoms with van der Waals surface area (Å²) in [6, 6.07) is 9.52. The van der Waals surface area contributed by atoms with Crippen LogP contribution in [0.25, 0.3) is 0 Å². The lowest BCUT2D eigenvalue weighted by Gasteiger charge is -2.20. The molecule has 3 rings (SSSR count). The van der Waals surface area contributed by atoms with E-state index in [0.29, 0.717) is 0 Å². The molecule has 1 aliphatic heterocycles. The van der Waals surface area contributed by atoms with Crippen LogP contribution in [0.5, 0.6) is 0 Å². The number of rotatable bonds is 3. The molecular weight excluding hydrogens is 270 g/mol. The Hall–Kier alpha value is -1.59. The molecule has 2 aliphatic rings. The molecule has 0 bridgehead atoms. The van der Waals surface area contributed by atoms with Crippen LogP contribution < -0.4 is 5.32 Å². The lowest BCUT2D eigenvalue weighted by atomic mass is 9.95. The van der Waals surface area contributed by atoms with Crippen LogP contribution in [0.2, 0.25) is 0 Å². The standard InChI is InChI=1S/C16H21NO4/c18-13-9-5-4-8-12(14-15(13)21-14)17-16(19)20-10-11-6-2-1-3-7-11/h1-3,6-7,12-15,18H,4-5,8-10H2,(H,17,19)/t12-,13+,14-,15+/m0/s1. The van der Waals surface area contributed by atoms with E-state index in [4.69, 9.17) is 9.47 Å². The third kappa shape index (κ3) is 3.74. The molecule has 0 spiro atoms. The van der Waals surface area contributed by atoms with Gasteiger partial charge in [-0.3, -0.25) is 0 Å². The largest absolute Gasteiger partial charge is 0.445 e. The fraction of sp³-hybridized carbons (Fsp3) is 0.562. The van der Waals surface area contributed by atoms with Crippen molar-refractivity contribution in [1.82, 2.24) is 5.32 Å². The number of benzene rings is 1. The maximum absolute atomic E-state index is 11.9. The van der Waals surface area contributed by atoms with Gasteiger partial charge in [0.25, 0.3) is 0 Å². The van der Waals surface area contributed by atoms with E-state index in [1.165, 1.54) is 0 Å². The summed E-state index contributed by atoms with van der Waals surface area (Å²) in [5.41, 5.74) is 0.960. The van der Waals surface area contributed by atoms with Crippen molar-refractivity contribution in [2.24, 2.45) is 0 Å². The van der Waals surface area contributed by atoms with Crippen LogP contribution in [0.15, 0.2) is 30.3 Å². The predicted molar refractivity (Wildman–Crippen MR) is 76.7 cm³/mol. The van der Waals surface area contributed by atoms with Gasteiger partial charge in [-0.05, 0) is 18.4 Å². The Balaban J connectivity index is 1.48. The number of hydrogen-bond acceptors (Lipinski definition) is 4. The topological polar surface area (TPSA) is 71.1 Å². The number of aliphatic hydroxyl groups is 1. The van der Waals surface area contributed by atoms with Gasteiger partial charge in [0.1, 0.15) is 18.8 Å². The summed E-state index contributed by atoms with van der Waals surface area (Å²) < 4.78 is 10.7. The number of carbonyl (C=O) groups is 1. The first kappa shape index (κ1) is 14.4. The molecular formula is C16H21NO4. The third-order valence-electron chi connectivity index (χ3n) is 4.12. The lowest BCUT2D eigenvalue weighted by molar-refractivity contribution is 0.122. The molecule has 2 N–H and O–H groups in total. The average Bonchev–Trinajstić information content (AvgIpc) is 3.28. The summed E-state index contributed by atoms with van der Waals surface area (Å²) >= 11 is 0. The molecule has 0 aromatic heterocycles. The fourth-order valence-corrected chi connectivity index (χ4v) is 2.89. The van der Waals surface area contributed by atoms with Gasteiger partial charge < -0.3 is 19.9 Å². The Kier molecular flexibility index (Phi) is 4.41. The third-order valence-corrected chi connectivity index (χ3v) is 4.12. The number of hydrogen-bond donors (Lipinski definition) is 2. The molecule has 114 valence electrons. The Morgan fingerprint density at radius 3 is 2.81 bits per heavy atom. The Morgan fingerprint density at radius 1 is 1.24 bits per heavy atom. The van der Waals surface area contributed by atoms with Gasteiger partial charge in [0.2, 0.25) is 0 Å². The Labute approximate surface area is 124 Å². The summed E-state index contributed by atoms with van der Waals surface area (Å²) in [6.07, 6.45) is 2.58. The van der Waals surface area contributed by atoms with Crippen LogP contribution in [-0.2, 0) is 16.1 Å². The predicted octanol–water partition coefficient (Wildman–Crippen LogP) is 1.98. The fourth-order valence-electron chi connectivity index (χ4n) is 2.89. The highest BCUT2D eigenvalue weighted by Gasteiger charge is 2.50. The second kappa shape index (κ2) is 6.45. The first-order chi connectivity index (χ1) is 10.2. The highest BCUT2D eigenvalue weighted by atomic mass is 16.6. The zero-order valence-corrected chi connectivity index (χ0v) is 11.9. The van der Waals surface area contributed by atoms with Gasteiger partial charge in [-0.2, -0.15) is 0 Å². The van der Waals surface area contributed by atoms with E-state index in [9.17, 15) is 9.90 Å². The van der Waals surface area contributed by atoms with E-state index in [1.54, 1.807) is 0 Å². The number of nitrogens with one attached hydrogen (secondary N) is 1. The molecule has 21 heavy (non-hydrogen) atoms. The van der Waals surface area contributed by atoms with Crippen LogP contribution in [-0.4, -0.2) is 35.6 Å². The molecule has 0 radical (unpaired) electrons. The number of fused-ring (bicyclic) bond motifs is 1. The summed E-state index contributed by atoms with van der Waals surface area (Å²) in [6.45, 7) is 0.261. The first-order valence-electron chi connectivity index (χ1n) is 7.55. The zero-order chi connectivity index (χ0) is 14.7. The van der Waals surface area contributed by atoms with E-state index in [2.05, 4.69) is 5.32 Å². The van der Waals surface area contributed by atoms with Crippen molar-refractivity contribution in [2.45, 2.75) is 56.6 Å². The van der Waals surface area contributed by atoms with E-state index in [1.807, 2.05) is 30.3 Å². The molecule has 1 amide bonds. The molecule has 1 aliphatic carbocycles. The van der Waals surface area contributed by atoms with E-state index in [-0.39, 0.29) is 24.9 Å². The number of carbonyl (C=O) groups excluding carboxylic acids is 1. The Bertz CT molecular complexity index is 478. The quantitative estimate of drug-likeness (QED) is 0.835. The van der Waals surface area contributed by atoms with Crippen molar-refractivity contribution in [3.05, 3.63) is 35.9 Å². The van der Waals surface area contributed by atoms with Gasteiger partial charge in [0, 0.05) is 0 Å². The normalized spacial score (nSPS) is 31.5. The van der Waals surface area contributed by atoms with Crippen molar-refractivity contribution in [3.8, 4) is 0 Å². The average molecular weight is 291 g/mol. The van der Waals surface area contributed by atoms with Gasteiger partial charge in [-0.15, -0.1) is 0 Å². The van der Waals surface area contributed by atoms with Crippen molar-refractivity contribution in [1.29, 1.82) is 0 Å². The van der Waals surface area contributed by atoms with E-state index >= 15 is 0 Å². The van der Waals surface area contributed by atoms with Gasteiger partial charge in [-0.25, -0.2) is 4.79 Å². The summed E-state index contributed by atoms with van der Waals surface area (Å²) in [4.78, 5) is 11.9. The lowest BCUT2D eigenvalue weighted by Crippen LogP contribution is -2.41. The highest BCUT2D eigenvalue weighted by molar-refractivity contribution is 5.67. The van der Waals surface area contributed by atoms with Crippen molar-refractivity contribution < 1.29 is 19.4 Å². The summed E-state index contributed by atoms with van der Waals surface area (Å²) in [5, 5.41) is 12.7. The minimum absolute atomic E-state index is 0.0618. The molecule has 1 heterocycles. The summed E-state index contributed by atoms with van der Waals surface area (Å²) in [5.74, 6) is 0. The molecule has 1 saturated heterocycles. The van der Waals surface area contributed by atoms with Crippen LogP contribution in [0, 0.1) is 0 Å². The number of amides is 1. The second-order valence-corrected chi connectivity index (χ2v) is 5.73. The van der Waals surface area contributed by atoms with Crippen molar-refractivity contribution >= 4 is 6.09 Å².